The van der Waals surface area contributed by atoms with Crippen LogP contribution in [-0.2, 0) is 14.3 Å². The summed E-state index contributed by atoms with van der Waals surface area (Å²) in [6.07, 6.45) is 0.713. The Bertz CT molecular complexity index is 349. The molecule has 3 N–H and O–H groups in total. The van der Waals surface area contributed by atoms with Gasteiger partial charge in [0.15, 0.2) is 0 Å². The summed E-state index contributed by atoms with van der Waals surface area (Å²) in [6, 6.07) is -1.66. The first-order chi connectivity index (χ1) is 9.15. The average Bonchev–Trinajstić information content (AvgIpc) is 2.31. The number of aliphatic carboxylic acids is 1. The smallest absolute Gasteiger partial charge is 0.326 e. The van der Waals surface area contributed by atoms with Crippen molar-refractivity contribution in [3.05, 3.63) is 0 Å². The van der Waals surface area contributed by atoms with Crippen molar-refractivity contribution in [1.29, 1.82) is 0 Å². The molecule has 0 radical (unpaired) electrons. The minimum absolute atomic E-state index is 0.00526. The first-order valence-electron chi connectivity index (χ1n) is 6.49. The number of nitrogens with one attached hydrogen (secondary N) is 2. The number of rotatable bonds is 7. The van der Waals surface area contributed by atoms with Gasteiger partial charge in [0, 0.05) is 13.0 Å². The van der Waals surface area contributed by atoms with Crippen molar-refractivity contribution in [3.63, 3.8) is 0 Å². The van der Waals surface area contributed by atoms with Crippen LogP contribution in [0.15, 0.2) is 0 Å². The summed E-state index contributed by atoms with van der Waals surface area (Å²) >= 11 is 0. The first kappa shape index (κ1) is 18.2. The number of ether oxygens (including phenoxy) is 1. The van der Waals surface area contributed by atoms with E-state index in [1.807, 2.05) is 20.8 Å². The molecule has 0 rings (SSSR count). The fourth-order valence-corrected chi connectivity index (χ4v) is 1.38. The van der Waals surface area contributed by atoms with Gasteiger partial charge in [-0.2, -0.15) is 0 Å². The van der Waals surface area contributed by atoms with Crippen molar-refractivity contribution >= 4 is 18.0 Å². The highest BCUT2D eigenvalue weighted by Crippen LogP contribution is 2.16. The Morgan fingerprint density at radius 2 is 1.85 bits per heavy atom. The number of amides is 2. The Morgan fingerprint density at radius 3 is 2.30 bits per heavy atom. The Labute approximate surface area is 119 Å². The van der Waals surface area contributed by atoms with E-state index in [4.69, 9.17) is 5.11 Å². The summed E-state index contributed by atoms with van der Waals surface area (Å²) in [5, 5.41) is 13.9. The van der Waals surface area contributed by atoms with Gasteiger partial charge in [0.2, 0.25) is 0 Å². The highest BCUT2D eigenvalue weighted by molar-refractivity contribution is 5.83. The molecule has 0 bridgehead atoms. The summed E-state index contributed by atoms with van der Waals surface area (Å²) in [4.78, 5) is 33.5. The number of carbonyl (C=O) groups is 3. The molecule has 116 valence electrons. The van der Waals surface area contributed by atoms with Crippen LogP contribution in [0, 0.1) is 5.41 Å². The van der Waals surface area contributed by atoms with Gasteiger partial charge >= 0.3 is 18.0 Å². The van der Waals surface area contributed by atoms with Crippen LogP contribution in [0.1, 0.15) is 40.0 Å². The molecule has 0 aromatic rings. The second kappa shape index (κ2) is 8.39. The quantitative estimate of drug-likeness (QED) is 0.609. The SMILES string of the molecule is COC(=O)CC[C@H](NC(=O)NCCC(C)(C)C)C(=O)O. The maximum absolute atomic E-state index is 11.6. The Kier molecular flexibility index (Phi) is 7.64. The van der Waals surface area contributed by atoms with Crippen molar-refractivity contribution in [2.45, 2.75) is 46.1 Å². The van der Waals surface area contributed by atoms with Crippen LogP contribution < -0.4 is 10.6 Å². The minimum atomic E-state index is -1.18. The van der Waals surface area contributed by atoms with Crippen molar-refractivity contribution < 1.29 is 24.2 Å². The van der Waals surface area contributed by atoms with E-state index in [-0.39, 0.29) is 18.3 Å². The van der Waals surface area contributed by atoms with Gasteiger partial charge in [0.25, 0.3) is 0 Å². The van der Waals surface area contributed by atoms with Gasteiger partial charge in [0.05, 0.1) is 7.11 Å². The summed E-state index contributed by atoms with van der Waals surface area (Å²) in [5.41, 5.74) is 0.0877. The molecule has 7 heteroatoms. The van der Waals surface area contributed by atoms with Crippen molar-refractivity contribution in [3.8, 4) is 0 Å². The van der Waals surface area contributed by atoms with Crippen molar-refractivity contribution in [1.82, 2.24) is 10.6 Å². The van der Waals surface area contributed by atoms with Crippen molar-refractivity contribution in [2.75, 3.05) is 13.7 Å². The van der Waals surface area contributed by atoms with Gasteiger partial charge < -0.3 is 20.5 Å². The molecule has 0 spiro atoms. The lowest BCUT2D eigenvalue weighted by Crippen LogP contribution is -2.46. The summed E-state index contributed by atoms with van der Waals surface area (Å²) in [5.74, 6) is -1.69. The highest BCUT2D eigenvalue weighted by Gasteiger charge is 2.21. The normalized spacial score (nSPS) is 12.4. The molecule has 0 aliphatic carbocycles. The number of esters is 1. The molecule has 0 heterocycles. The lowest BCUT2D eigenvalue weighted by Gasteiger charge is -2.19. The molecule has 0 aliphatic heterocycles. The minimum Gasteiger partial charge on any atom is -0.480 e. The predicted molar refractivity (Wildman–Crippen MR) is 73.3 cm³/mol. The summed E-state index contributed by atoms with van der Waals surface area (Å²) < 4.78 is 4.43. The molecular weight excluding hydrogens is 264 g/mol. The van der Waals surface area contributed by atoms with Gasteiger partial charge in [-0.05, 0) is 18.3 Å². The number of urea groups is 1. The largest absolute Gasteiger partial charge is 0.480 e. The standard InChI is InChI=1S/C13H24N2O5/c1-13(2,3)7-8-14-12(19)15-9(11(17)18)5-6-10(16)20-4/h9H,5-8H2,1-4H3,(H,17,18)(H2,14,15,19)/t9-/m0/s1. The Balaban J connectivity index is 4.15. The number of hydrogen-bond donors (Lipinski definition) is 3. The average molecular weight is 288 g/mol. The lowest BCUT2D eigenvalue weighted by molar-refractivity contribution is -0.142. The van der Waals surface area contributed by atoms with Gasteiger partial charge in [-0.3, -0.25) is 4.79 Å². The predicted octanol–water partition coefficient (Wildman–Crippen LogP) is 1.13. The van der Waals surface area contributed by atoms with Crippen LogP contribution in [0.4, 0.5) is 4.79 Å². The number of carbonyl (C=O) groups excluding carboxylic acids is 2. The van der Waals surface area contributed by atoms with E-state index in [0.717, 1.165) is 6.42 Å². The molecule has 0 aromatic heterocycles. The van der Waals surface area contributed by atoms with Gasteiger partial charge in [-0.25, -0.2) is 9.59 Å². The van der Waals surface area contributed by atoms with Crippen LogP contribution in [0.5, 0.6) is 0 Å². The number of methoxy groups -OCH3 is 1. The second-order valence-electron chi connectivity index (χ2n) is 5.72. The van der Waals surface area contributed by atoms with E-state index in [2.05, 4.69) is 15.4 Å². The molecule has 20 heavy (non-hydrogen) atoms. The molecule has 0 aliphatic rings. The van der Waals surface area contributed by atoms with E-state index in [0.29, 0.717) is 6.54 Å². The summed E-state index contributed by atoms with van der Waals surface area (Å²) in [6.45, 7) is 6.59. The zero-order chi connectivity index (χ0) is 15.8. The van der Waals surface area contributed by atoms with E-state index in [1.54, 1.807) is 0 Å². The second-order valence-corrected chi connectivity index (χ2v) is 5.72. The first-order valence-corrected chi connectivity index (χ1v) is 6.49. The molecule has 0 aromatic carbocycles. The molecule has 0 saturated carbocycles. The lowest BCUT2D eigenvalue weighted by atomic mass is 9.92. The van der Waals surface area contributed by atoms with Crippen LogP contribution in [0.2, 0.25) is 0 Å². The third-order valence-electron chi connectivity index (χ3n) is 2.63. The van der Waals surface area contributed by atoms with Gasteiger partial charge in [-0.15, -0.1) is 0 Å². The zero-order valence-corrected chi connectivity index (χ0v) is 12.5. The molecule has 1 atom stereocenters. The van der Waals surface area contributed by atoms with Crippen LogP contribution in [0.25, 0.3) is 0 Å². The molecule has 7 nitrogen and oxygen atoms in total. The molecular formula is C13H24N2O5. The fraction of sp³-hybridized carbons (Fsp3) is 0.769. The highest BCUT2D eigenvalue weighted by atomic mass is 16.5. The molecule has 0 saturated heterocycles. The maximum atomic E-state index is 11.6. The van der Waals surface area contributed by atoms with Crippen LogP contribution in [-0.4, -0.2) is 42.8 Å². The zero-order valence-electron chi connectivity index (χ0n) is 12.5. The number of carboxylic acid groups (broad SMARTS) is 1. The van der Waals surface area contributed by atoms with Gasteiger partial charge in [0.1, 0.15) is 6.04 Å². The third-order valence-corrected chi connectivity index (χ3v) is 2.63. The number of hydrogen-bond acceptors (Lipinski definition) is 4. The van der Waals surface area contributed by atoms with Crippen LogP contribution >= 0.6 is 0 Å². The number of carboxylic acids is 1. The molecule has 0 unspecified atom stereocenters. The monoisotopic (exact) mass is 288 g/mol. The van der Waals surface area contributed by atoms with E-state index in [1.165, 1.54) is 7.11 Å². The fourth-order valence-electron chi connectivity index (χ4n) is 1.38. The van der Waals surface area contributed by atoms with E-state index in [9.17, 15) is 14.4 Å². The summed E-state index contributed by atoms with van der Waals surface area (Å²) in [7, 11) is 1.23. The van der Waals surface area contributed by atoms with Gasteiger partial charge in [-0.1, -0.05) is 20.8 Å². The topological polar surface area (TPSA) is 105 Å². The molecule has 0 fully saturated rings. The van der Waals surface area contributed by atoms with E-state index < -0.39 is 24.0 Å². The third kappa shape index (κ3) is 9.18. The van der Waals surface area contributed by atoms with Crippen molar-refractivity contribution in [2.24, 2.45) is 5.41 Å². The Hall–Kier alpha value is -1.79. The Morgan fingerprint density at radius 1 is 1.25 bits per heavy atom. The maximum Gasteiger partial charge on any atom is 0.326 e. The van der Waals surface area contributed by atoms with Crippen LogP contribution in [0.3, 0.4) is 0 Å². The molecule has 2 amide bonds. The van der Waals surface area contributed by atoms with E-state index >= 15 is 0 Å².